The van der Waals surface area contributed by atoms with Crippen LogP contribution in [0.2, 0.25) is 0 Å². The molecule has 108 valence electrons. The smallest absolute Gasteiger partial charge is 0.235 e. The number of aromatic nitrogens is 2. The number of ether oxygens (including phenoxy) is 2. The molecule has 0 saturated carbocycles. The number of anilines is 1. The van der Waals surface area contributed by atoms with Crippen molar-refractivity contribution < 1.29 is 14.3 Å². The maximum absolute atomic E-state index is 11.8. The van der Waals surface area contributed by atoms with Crippen LogP contribution in [0.15, 0.2) is 18.2 Å². The van der Waals surface area contributed by atoms with Crippen molar-refractivity contribution in [1.29, 1.82) is 0 Å². The van der Waals surface area contributed by atoms with E-state index in [1.807, 2.05) is 25.1 Å². The van der Waals surface area contributed by atoms with Crippen LogP contribution in [0.25, 0.3) is 0 Å². The average molecular weight is 303 g/mol. The zero-order chi connectivity index (χ0) is 14.4. The Bertz CT molecular complexity index is 728. The Kier molecular flexibility index (Phi) is 2.81. The van der Waals surface area contributed by atoms with Gasteiger partial charge in [0, 0.05) is 11.3 Å². The topological polar surface area (TPSA) is 76.2 Å². The third-order valence-electron chi connectivity index (χ3n) is 3.60. The Morgan fingerprint density at radius 3 is 3.10 bits per heavy atom. The normalized spacial score (nSPS) is 19.9. The first-order valence-corrected chi connectivity index (χ1v) is 7.63. The third-order valence-corrected chi connectivity index (χ3v) is 4.87. The number of aryl methyl sites for hydroxylation is 1. The lowest BCUT2D eigenvalue weighted by Gasteiger charge is -2.15. The Morgan fingerprint density at radius 2 is 2.19 bits per heavy atom. The predicted octanol–water partition coefficient (Wildman–Crippen LogP) is 2.22. The molecule has 2 aliphatic rings. The summed E-state index contributed by atoms with van der Waals surface area (Å²) in [6.45, 7) is 2.22. The van der Waals surface area contributed by atoms with E-state index in [0.29, 0.717) is 11.6 Å². The van der Waals surface area contributed by atoms with Gasteiger partial charge in [0.15, 0.2) is 17.3 Å². The van der Waals surface area contributed by atoms with E-state index >= 15 is 0 Å². The maximum atomic E-state index is 11.8. The van der Waals surface area contributed by atoms with Crippen LogP contribution in [0.4, 0.5) is 5.82 Å². The van der Waals surface area contributed by atoms with Gasteiger partial charge in [0.05, 0.1) is 11.0 Å². The molecule has 1 atom stereocenters. The van der Waals surface area contributed by atoms with Gasteiger partial charge in [0.25, 0.3) is 0 Å². The van der Waals surface area contributed by atoms with Gasteiger partial charge in [-0.3, -0.25) is 9.89 Å². The molecule has 0 spiro atoms. The molecule has 0 radical (unpaired) electrons. The highest BCUT2D eigenvalue weighted by Crippen LogP contribution is 2.44. The molecule has 0 bridgehead atoms. The van der Waals surface area contributed by atoms with Crippen molar-refractivity contribution in [2.45, 2.75) is 12.2 Å². The summed E-state index contributed by atoms with van der Waals surface area (Å²) < 4.78 is 10.8. The van der Waals surface area contributed by atoms with Gasteiger partial charge in [-0.1, -0.05) is 6.07 Å². The fraction of sp³-hybridized carbons (Fsp3) is 0.286. The number of carbonyl (C=O) groups excluding carboxylic acids is 1. The maximum Gasteiger partial charge on any atom is 0.235 e. The number of thioether (sulfide) groups is 1. The summed E-state index contributed by atoms with van der Waals surface area (Å²) in [5, 5.41) is 10.0. The molecule has 0 unspecified atom stereocenters. The summed E-state index contributed by atoms with van der Waals surface area (Å²) in [5.41, 5.74) is 3.05. The molecule has 4 rings (SSSR count). The van der Waals surface area contributed by atoms with Crippen LogP contribution in [0, 0.1) is 6.92 Å². The van der Waals surface area contributed by atoms with Gasteiger partial charge in [-0.25, -0.2) is 0 Å². The van der Waals surface area contributed by atoms with Crippen LogP contribution >= 0.6 is 11.8 Å². The first kappa shape index (κ1) is 12.6. The molecule has 2 aliphatic heterocycles. The molecule has 3 heterocycles. The second-order valence-corrected chi connectivity index (χ2v) is 6.06. The van der Waals surface area contributed by atoms with Crippen molar-refractivity contribution in [3.8, 4) is 11.5 Å². The zero-order valence-electron chi connectivity index (χ0n) is 11.3. The predicted molar refractivity (Wildman–Crippen MR) is 78.8 cm³/mol. The van der Waals surface area contributed by atoms with Crippen LogP contribution in [0.5, 0.6) is 11.5 Å². The fourth-order valence-electron chi connectivity index (χ4n) is 2.60. The molecule has 1 aromatic carbocycles. The van der Waals surface area contributed by atoms with Gasteiger partial charge < -0.3 is 14.8 Å². The second-order valence-electron chi connectivity index (χ2n) is 4.96. The van der Waals surface area contributed by atoms with E-state index < -0.39 is 0 Å². The lowest BCUT2D eigenvalue weighted by atomic mass is 10.0. The van der Waals surface area contributed by atoms with E-state index in [1.54, 1.807) is 11.8 Å². The number of fused-ring (bicyclic) bond motifs is 2. The van der Waals surface area contributed by atoms with Gasteiger partial charge in [0.1, 0.15) is 0 Å². The number of hydrogen-bond acceptors (Lipinski definition) is 5. The fourth-order valence-corrected chi connectivity index (χ4v) is 3.79. The highest BCUT2D eigenvalue weighted by molar-refractivity contribution is 8.00. The van der Waals surface area contributed by atoms with Crippen LogP contribution < -0.4 is 14.8 Å². The summed E-state index contributed by atoms with van der Waals surface area (Å²) >= 11 is 1.58. The Balaban J connectivity index is 1.80. The quantitative estimate of drug-likeness (QED) is 0.845. The summed E-state index contributed by atoms with van der Waals surface area (Å²) in [4.78, 5) is 11.8. The lowest BCUT2D eigenvalue weighted by Crippen LogP contribution is -2.12. The average Bonchev–Trinajstić information content (AvgIpc) is 3.03. The monoisotopic (exact) mass is 303 g/mol. The number of carbonyl (C=O) groups is 1. The third kappa shape index (κ3) is 2.04. The molecule has 0 fully saturated rings. The van der Waals surface area contributed by atoms with Gasteiger partial charge >= 0.3 is 0 Å². The highest BCUT2D eigenvalue weighted by Gasteiger charge is 2.29. The van der Waals surface area contributed by atoms with Crippen LogP contribution in [-0.2, 0) is 4.79 Å². The van der Waals surface area contributed by atoms with Gasteiger partial charge in [-0.2, -0.15) is 5.10 Å². The summed E-state index contributed by atoms with van der Waals surface area (Å²) in [5.74, 6) is 2.49. The molecule has 2 N–H and O–H groups in total. The summed E-state index contributed by atoms with van der Waals surface area (Å²) in [6, 6.07) is 5.90. The Hall–Kier alpha value is -2.15. The van der Waals surface area contributed by atoms with E-state index in [0.717, 1.165) is 28.3 Å². The lowest BCUT2D eigenvalue weighted by molar-refractivity contribution is -0.113. The number of hydrogen-bond donors (Lipinski definition) is 2. The van der Waals surface area contributed by atoms with Crippen LogP contribution in [0.3, 0.4) is 0 Å². The molecule has 6 nitrogen and oxygen atoms in total. The molecule has 1 amide bonds. The van der Waals surface area contributed by atoms with E-state index in [4.69, 9.17) is 9.47 Å². The number of rotatable bonds is 1. The number of amides is 1. The van der Waals surface area contributed by atoms with Crippen molar-refractivity contribution >= 4 is 23.5 Å². The Morgan fingerprint density at radius 1 is 1.33 bits per heavy atom. The summed E-state index contributed by atoms with van der Waals surface area (Å²) in [7, 11) is 0. The molecular formula is C14H13N3O3S. The van der Waals surface area contributed by atoms with Crippen molar-refractivity contribution in [1.82, 2.24) is 10.2 Å². The number of nitrogens with zero attached hydrogens (tertiary/aromatic N) is 1. The van der Waals surface area contributed by atoms with E-state index in [2.05, 4.69) is 15.5 Å². The molecule has 21 heavy (non-hydrogen) atoms. The van der Waals surface area contributed by atoms with E-state index in [-0.39, 0.29) is 18.0 Å². The van der Waals surface area contributed by atoms with Gasteiger partial charge in [0.2, 0.25) is 12.7 Å². The molecule has 0 aliphatic carbocycles. The Labute approximate surface area is 125 Å². The second kappa shape index (κ2) is 4.70. The largest absolute Gasteiger partial charge is 0.454 e. The minimum absolute atomic E-state index is 0.0315. The standard InChI is InChI=1S/C14H13N3O3S/c1-7-12-13(21-5-11(18)15-14(12)17-16-7)8-2-3-9-10(4-8)20-6-19-9/h2-4,13H,5-6H2,1H3,(H2,15,16,17,18)/t13-/m0/s1. The minimum Gasteiger partial charge on any atom is -0.454 e. The first-order chi connectivity index (χ1) is 10.2. The van der Waals surface area contributed by atoms with Crippen molar-refractivity contribution in [3.63, 3.8) is 0 Å². The minimum atomic E-state index is -0.0315. The van der Waals surface area contributed by atoms with Crippen LogP contribution in [-0.4, -0.2) is 28.7 Å². The number of H-pyrrole nitrogens is 1. The van der Waals surface area contributed by atoms with Gasteiger partial charge in [-0.15, -0.1) is 11.8 Å². The summed E-state index contributed by atoms with van der Waals surface area (Å²) in [6.07, 6.45) is 0. The molecule has 1 aromatic heterocycles. The number of nitrogens with one attached hydrogen (secondary N) is 2. The SMILES string of the molecule is Cc1[nH]nc2c1[C@H](c1ccc3c(c1)OCO3)SCC(=O)N2. The van der Waals surface area contributed by atoms with Gasteiger partial charge in [-0.05, 0) is 24.6 Å². The highest BCUT2D eigenvalue weighted by atomic mass is 32.2. The van der Waals surface area contributed by atoms with E-state index in [1.165, 1.54) is 0 Å². The van der Waals surface area contributed by atoms with Crippen molar-refractivity contribution in [2.75, 3.05) is 17.9 Å². The number of aromatic amines is 1. The molecule has 2 aromatic rings. The van der Waals surface area contributed by atoms with Crippen LogP contribution in [0.1, 0.15) is 22.1 Å². The number of benzene rings is 1. The zero-order valence-corrected chi connectivity index (χ0v) is 12.1. The van der Waals surface area contributed by atoms with E-state index in [9.17, 15) is 4.79 Å². The molecule has 0 saturated heterocycles. The first-order valence-electron chi connectivity index (χ1n) is 6.58. The molecular weight excluding hydrogens is 290 g/mol. The van der Waals surface area contributed by atoms with Crippen molar-refractivity contribution in [3.05, 3.63) is 35.0 Å². The molecule has 7 heteroatoms. The van der Waals surface area contributed by atoms with Crippen molar-refractivity contribution in [2.24, 2.45) is 0 Å².